The first-order chi connectivity index (χ1) is 9.69. The van der Waals surface area contributed by atoms with Gasteiger partial charge in [0.1, 0.15) is 5.82 Å². The number of carbonyl (C=O) groups is 1. The van der Waals surface area contributed by atoms with Crippen LogP contribution < -0.4 is 5.32 Å². The first kappa shape index (κ1) is 14.9. The fraction of sp³-hybridized carbons (Fsp3) is 0.533. The summed E-state index contributed by atoms with van der Waals surface area (Å²) in [5.74, 6) is 0.106. The van der Waals surface area contributed by atoms with Gasteiger partial charge in [0.25, 0.3) is 0 Å². The number of carbonyl (C=O) groups excluding carboxylic acids is 1. The number of hydrogen-bond donors (Lipinski definition) is 2. The highest BCUT2D eigenvalue weighted by atomic mass is 19.1. The van der Waals surface area contributed by atoms with E-state index in [0.717, 1.165) is 25.9 Å². The van der Waals surface area contributed by atoms with Crippen LogP contribution in [0.4, 0.5) is 4.39 Å². The molecule has 5 heteroatoms. The first-order valence-corrected chi connectivity index (χ1v) is 7.02. The molecule has 20 heavy (non-hydrogen) atoms. The molecule has 110 valence electrons. The topological polar surface area (TPSA) is 52.6 Å². The van der Waals surface area contributed by atoms with Gasteiger partial charge in [0.15, 0.2) is 0 Å². The number of benzene rings is 1. The third-order valence-electron chi connectivity index (χ3n) is 3.71. The van der Waals surface area contributed by atoms with Gasteiger partial charge in [-0.3, -0.25) is 9.69 Å². The number of hydrogen-bond acceptors (Lipinski definition) is 3. The summed E-state index contributed by atoms with van der Waals surface area (Å²) < 4.78 is 13.4. The summed E-state index contributed by atoms with van der Waals surface area (Å²) in [5, 5.41) is 11.6. The van der Waals surface area contributed by atoms with Crippen molar-refractivity contribution in [2.24, 2.45) is 5.92 Å². The minimum Gasteiger partial charge on any atom is -0.396 e. The molecule has 0 aromatic heterocycles. The Balaban J connectivity index is 1.72. The number of rotatable bonds is 6. The molecule has 1 aromatic rings. The van der Waals surface area contributed by atoms with Gasteiger partial charge < -0.3 is 10.4 Å². The predicted octanol–water partition coefficient (Wildman–Crippen LogP) is 1.15. The average molecular weight is 280 g/mol. The smallest absolute Gasteiger partial charge is 0.234 e. The minimum atomic E-state index is -0.294. The molecule has 1 aliphatic rings. The lowest BCUT2D eigenvalue weighted by Crippen LogP contribution is -2.36. The molecule has 2 rings (SSSR count). The van der Waals surface area contributed by atoms with E-state index in [0.29, 0.717) is 18.0 Å². The Labute approximate surface area is 118 Å². The lowest BCUT2D eigenvalue weighted by atomic mass is 10.1. The Morgan fingerprint density at radius 3 is 3.00 bits per heavy atom. The van der Waals surface area contributed by atoms with Crippen LogP contribution in [-0.2, 0) is 11.3 Å². The number of aliphatic hydroxyl groups is 1. The molecule has 1 atom stereocenters. The number of nitrogens with zero attached hydrogens (tertiary/aromatic N) is 1. The van der Waals surface area contributed by atoms with Crippen LogP contribution in [0.15, 0.2) is 24.3 Å². The average Bonchev–Trinajstić information content (AvgIpc) is 2.85. The van der Waals surface area contributed by atoms with E-state index in [1.807, 2.05) is 0 Å². The molecule has 0 spiro atoms. The zero-order valence-corrected chi connectivity index (χ0v) is 11.5. The lowest BCUT2D eigenvalue weighted by molar-refractivity contribution is -0.122. The molecule has 0 aliphatic carbocycles. The predicted molar refractivity (Wildman–Crippen MR) is 74.5 cm³/mol. The first-order valence-electron chi connectivity index (χ1n) is 7.02. The SMILES string of the molecule is O=C(CN1CCC(CCO)C1)NCc1ccccc1F. The van der Waals surface area contributed by atoms with Crippen LogP contribution in [0.3, 0.4) is 0 Å². The Morgan fingerprint density at radius 2 is 2.25 bits per heavy atom. The van der Waals surface area contributed by atoms with Gasteiger partial charge in [-0.1, -0.05) is 18.2 Å². The van der Waals surface area contributed by atoms with Crippen LogP contribution in [0.2, 0.25) is 0 Å². The van der Waals surface area contributed by atoms with Crippen LogP contribution >= 0.6 is 0 Å². The summed E-state index contributed by atoms with van der Waals surface area (Å²) in [6.07, 6.45) is 1.83. The monoisotopic (exact) mass is 280 g/mol. The number of likely N-dealkylation sites (tertiary alicyclic amines) is 1. The van der Waals surface area contributed by atoms with E-state index >= 15 is 0 Å². The fourth-order valence-corrected chi connectivity index (χ4v) is 2.57. The van der Waals surface area contributed by atoms with E-state index < -0.39 is 0 Å². The second-order valence-corrected chi connectivity index (χ2v) is 5.27. The van der Waals surface area contributed by atoms with Crippen molar-refractivity contribution >= 4 is 5.91 Å². The van der Waals surface area contributed by atoms with Crippen molar-refractivity contribution < 1.29 is 14.3 Å². The third kappa shape index (κ3) is 4.28. The Hall–Kier alpha value is -1.46. The van der Waals surface area contributed by atoms with Crippen LogP contribution in [0.25, 0.3) is 0 Å². The van der Waals surface area contributed by atoms with E-state index in [4.69, 9.17) is 5.11 Å². The summed E-state index contributed by atoms with van der Waals surface area (Å²) in [4.78, 5) is 13.9. The Morgan fingerprint density at radius 1 is 1.45 bits per heavy atom. The quantitative estimate of drug-likeness (QED) is 0.822. The third-order valence-corrected chi connectivity index (χ3v) is 3.71. The maximum atomic E-state index is 13.4. The zero-order valence-electron chi connectivity index (χ0n) is 11.5. The summed E-state index contributed by atoms with van der Waals surface area (Å²) in [5.41, 5.74) is 0.500. The van der Waals surface area contributed by atoms with Crippen LogP contribution in [0.5, 0.6) is 0 Å². The maximum absolute atomic E-state index is 13.4. The summed E-state index contributed by atoms with van der Waals surface area (Å²) in [6, 6.07) is 6.45. The molecule has 0 saturated carbocycles. The van der Waals surface area contributed by atoms with Gasteiger partial charge >= 0.3 is 0 Å². The Kier molecular flexibility index (Phi) is 5.49. The summed E-state index contributed by atoms with van der Waals surface area (Å²) >= 11 is 0. The van der Waals surface area contributed by atoms with Crippen molar-refractivity contribution in [3.8, 4) is 0 Å². The highest BCUT2D eigenvalue weighted by Crippen LogP contribution is 2.18. The standard InChI is InChI=1S/C15H21FN2O2/c16-14-4-2-1-3-13(14)9-17-15(20)11-18-7-5-12(10-18)6-8-19/h1-4,12,19H,5-11H2,(H,17,20). The molecule has 1 saturated heterocycles. The van der Waals surface area contributed by atoms with Gasteiger partial charge in [-0.2, -0.15) is 0 Å². The maximum Gasteiger partial charge on any atom is 0.234 e. The highest BCUT2D eigenvalue weighted by molar-refractivity contribution is 5.78. The van der Waals surface area contributed by atoms with E-state index in [9.17, 15) is 9.18 Å². The van der Waals surface area contributed by atoms with Crippen molar-refractivity contribution in [1.82, 2.24) is 10.2 Å². The minimum absolute atomic E-state index is 0.0853. The van der Waals surface area contributed by atoms with Crippen LogP contribution in [-0.4, -0.2) is 42.2 Å². The van der Waals surface area contributed by atoms with E-state index in [1.165, 1.54) is 6.07 Å². The molecule has 1 amide bonds. The van der Waals surface area contributed by atoms with E-state index in [2.05, 4.69) is 10.2 Å². The number of halogens is 1. The van der Waals surface area contributed by atoms with Gasteiger partial charge in [-0.15, -0.1) is 0 Å². The fourth-order valence-electron chi connectivity index (χ4n) is 2.57. The molecule has 2 N–H and O–H groups in total. The molecular formula is C15H21FN2O2. The van der Waals surface area contributed by atoms with Crippen molar-refractivity contribution in [3.05, 3.63) is 35.6 Å². The molecule has 0 radical (unpaired) electrons. The van der Waals surface area contributed by atoms with Crippen molar-refractivity contribution in [2.45, 2.75) is 19.4 Å². The highest BCUT2D eigenvalue weighted by Gasteiger charge is 2.23. The van der Waals surface area contributed by atoms with E-state index in [1.54, 1.807) is 18.2 Å². The number of aliphatic hydroxyl groups excluding tert-OH is 1. The molecule has 1 unspecified atom stereocenters. The Bertz CT molecular complexity index is 453. The summed E-state index contributed by atoms with van der Waals surface area (Å²) in [7, 11) is 0. The van der Waals surface area contributed by atoms with Gasteiger partial charge in [-0.25, -0.2) is 4.39 Å². The number of amides is 1. The second kappa shape index (κ2) is 7.36. The number of nitrogens with one attached hydrogen (secondary N) is 1. The van der Waals surface area contributed by atoms with Crippen LogP contribution in [0.1, 0.15) is 18.4 Å². The van der Waals surface area contributed by atoms with Crippen molar-refractivity contribution in [2.75, 3.05) is 26.2 Å². The van der Waals surface area contributed by atoms with Gasteiger partial charge in [0.2, 0.25) is 5.91 Å². The van der Waals surface area contributed by atoms with Crippen LogP contribution in [0, 0.1) is 11.7 Å². The largest absolute Gasteiger partial charge is 0.396 e. The van der Waals surface area contributed by atoms with Gasteiger partial charge in [0, 0.05) is 25.3 Å². The normalized spacial score (nSPS) is 19.2. The molecule has 4 nitrogen and oxygen atoms in total. The molecule has 1 aliphatic heterocycles. The molecule has 1 heterocycles. The van der Waals surface area contributed by atoms with Crippen molar-refractivity contribution in [3.63, 3.8) is 0 Å². The summed E-state index contributed by atoms with van der Waals surface area (Å²) in [6.45, 7) is 2.51. The second-order valence-electron chi connectivity index (χ2n) is 5.27. The van der Waals surface area contributed by atoms with E-state index in [-0.39, 0.29) is 24.9 Å². The zero-order chi connectivity index (χ0) is 14.4. The van der Waals surface area contributed by atoms with Gasteiger partial charge in [0.05, 0.1) is 6.54 Å². The molecule has 0 bridgehead atoms. The molecule has 1 fully saturated rings. The molecule has 1 aromatic carbocycles. The van der Waals surface area contributed by atoms with Gasteiger partial charge in [-0.05, 0) is 31.4 Å². The lowest BCUT2D eigenvalue weighted by Gasteiger charge is -2.15. The van der Waals surface area contributed by atoms with Crippen molar-refractivity contribution in [1.29, 1.82) is 0 Å². The molecular weight excluding hydrogens is 259 g/mol.